The van der Waals surface area contributed by atoms with E-state index in [0.717, 1.165) is 19.6 Å². The Kier molecular flexibility index (Phi) is 5.88. The monoisotopic (exact) mass is 378 g/mol. The molecule has 2 heterocycles. The number of allylic oxidation sites excluding steroid dienone is 1. The van der Waals surface area contributed by atoms with E-state index in [4.69, 9.17) is 0 Å². The van der Waals surface area contributed by atoms with Crippen molar-refractivity contribution in [2.75, 3.05) is 19.6 Å². The first-order chi connectivity index (χ1) is 11.8. The molecule has 1 N–H and O–H groups in total. The number of aryl methyl sites for hydroxylation is 1. The summed E-state index contributed by atoms with van der Waals surface area (Å²) < 4.78 is 0. The van der Waals surface area contributed by atoms with Crippen LogP contribution >= 0.6 is 12.4 Å². The molecule has 1 aliphatic carbocycles. The standard InChI is InChI=1S/C19H26N4O2.ClH/c1-6-23(7-2)9-8-12-14-13(10-20-19(4,5)18(14)25)15-16(17(12)24)22-11(3)21-15;/h10,12H,6-9H2,1-5H3,(H,21,22);1H. The summed E-state index contributed by atoms with van der Waals surface area (Å²) in [6.07, 6.45) is 2.36. The Balaban J connectivity index is 0.00000243. The molecular formula is C19H27ClN4O2. The van der Waals surface area contributed by atoms with Gasteiger partial charge in [-0.3, -0.25) is 14.6 Å². The Hall–Kier alpha value is -1.79. The Morgan fingerprint density at radius 1 is 1.23 bits per heavy atom. The average molecular weight is 379 g/mol. The molecule has 142 valence electrons. The molecule has 0 bridgehead atoms. The van der Waals surface area contributed by atoms with Crippen LogP contribution in [0, 0.1) is 12.8 Å². The maximum absolute atomic E-state index is 13.1. The van der Waals surface area contributed by atoms with Crippen molar-refractivity contribution in [3.63, 3.8) is 0 Å². The topological polar surface area (TPSA) is 78.4 Å². The number of Topliss-reactive ketones (excluding diaryl/α,β-unsaturated/α-hetero) is 2. The number of H-pyrrole nitrogens is 1. The number of aromatic nitrogens is 2. The van der Waals surface area contributed by atoms with E-state index in [9.17, 15) is 9.59 Å². The third-order valence-corrected chi connectivity index (χ3v) is 5.22. The van der Waals surface area contributed by atoms with Crippen LogP contribution in [0.4, 0.5) is 0 Å². The van der Waals surface area contributed by atoms with E-state index >= 15 is 0 Å². The van der Waals surface area contributed by atoms with Crippen molar-refractivity contribution in [1.29, 1.82) is 0 Å². The van der Waals surface area contributed by atoms with Crippen molar-refractivity contribution in [2.45, 2.75) is 46.6 Å². The molecule has 0 aromatic carbocycles. The van der Waals surface area contributed by atoms with Crippen LogP contribution in [0.25, 0.3) is 5.57 Å². The van der Waals surface area contributed by atoms with Crippen LogP contribution in [-0.4, -0.2) is 57.8 Å². The van der Waals surface area contributed by atoms with Gasteiger partial charge in [-0.2, -0.15) is 0 Å². The van der Waals surface area contributed by atoms with Crippen molar-refractivity contribution in [1.82, 2.24) is 14.9 Å². The first-order valence-corrected chi connectivity index (χ1v) is 8.97. The number of halogens is 1. The number of hydrogen-bond acceptors (Lipinski definition) is 5. The number of carbonyl (C=O) groups excluding carboxylic acids is 2. The molecule has 0 radical (unpaired) electrons. The summed E-state index contributed by atoms with van der Waals surface area (Å²) in [6, 6.07) is 0. The summed E-state index contributed by atoms with van der Waals surface area (Å²) in [6.45, 7) is 12.3. The van der Waals surface area contributed by atoms with Gasteiger partial charge in [0.25, 0.3) is 0 Å². The molecule has 26 heavy (non-hydrogen) atoms. The van der Waals surface area contributed by atoms with Crippen LogP contribution in [0.3, 0.4) is 0 Å². The number of hydrogen-bond donors (Lipinski definition) is 1. The molecule has 1 unspecified atom stereocenters. The molecular weight excluding hydrogens is 352 g/mol. The molecule has 0 fully saturated rings. The number of rotatable bonds is 5. The van der Waals surface area contributed by atoms with Gasteiger partial charge in [-0.15, -0.1) is 12.4 Å². The molecule has 1 aromatic heterocycles. The van der Waals surface area contributed by atoms with E-state index in [-0.39, 0.29) is 24.0 Å². The van der Waals surface area contributed by atoms with Crippen LogP contribution in [0.15, 0.2) is 10.6 Å². The van der Waals surface area contributed by atoms with E-state index in [1.54, 1.807) is 20.1 Å². The second-order valence-corrected chi connectivity index (χ2v) is 7.25. The number of fused-ring (bicyclic) bond motifs is 2. The Labute approximate surface area is 160 Å². The highest BCUT2D eigenvalue weighted by Crippen LogP contribution is 2.40. The van der Waals surface area contributed by atoms with Gasteiger partial charge in [0, 0.05) is 17.4 Å². The van der Waals surface area contributed by atoms with Crippen molar-refractivity contribution in [3.8, 4) is 0 Å². The lowest BCUT2D eigenvalue weighted by Gasteiger charge is -2.33. The smallest absolute Gasteiger partial charge is 0.188 e. The summed E-state index contributed by atoms with van der Waals surface area (Å²) in [4.78, 5) is 40.4. The van der Waals surface area contributed by atoms with E-state index < -0.39 is 11.5 Å². The van der Waals surface area contributed by atoms with Crippen LogP contribution in [0.5, 0.6) is 0 Å². The second kappa shape index (κ2) is 7.45. The molecule has 3 rings (SSSR count). The minimum absolute atomic E-state index is 0. The number of carbonyl (C=O) groups is 2. The van der Waals surface area contributed by atoms with Gasteiger partial charge in [-0.05, 0) is 46.8 Å². The van der Waals surface area contributed by atoms with Gasteiger partial charge in [0.2, 0.25) is 0 Å². The molecule has 1 aliphatic heterocycles. The van der Waals surface area contributed by atoms with Crippen LogP contribution in [-0.2, 0) is 4.79 Å². The molecule has 6 nitrogen and oxygen atoms in total. The molecule has 0 saturated carbocycles. The predicted octanol–water partition coefficient (Wildman–Crippen LogP) is 2.87. The average Bonchev–Trinajstić information content (AvgIpc) is 2.96. The zero-order valence-electron chi connectivity index (χ0n) is 16.0. The van der Waals surface area contributed by atoms with Gasteiger partial charge in [-0.25, -0.2) is 4.98 Å². The fourth-order valence-corrected chi connectivity index (χ4v) is 3.64. The first kappa shape index (κ1) is 20.5. The van der Waals surface area contributed by atoms with E-state index in [1.165, 1.54) is 0 Å². The van der Waals surface area contributed by atoms with Gasteiger partial charge < -0.3 is 9.88 Å². The van der Waals surface area contributed by atoms with Crippen molar-refractivity contribution in [2.24, 2.45) is 10.9 Å². The summed E-state index contributed by atoms with van der Waals surface area (Å²) >= 11 is 0. The minimum Gasteiger partial charge on any atom is -0.339 e. The third kappa shape index (κ3) is 3.28. The van der Waals surface area contributed by atoms with Crippen molar-refractivity contribution >= 4 is 35.8 Å². The number of aliphatic imine (C=N–C) groups is 1. The number of aromatic amines is 1. The molecule has 1 aromatic rings. The SMILES string of the molecule is CCN(CC)CCC1C(=O)c2[nH]c(C)nc2C2=C1C(=O)C(C)(C)N=C2.Cl. The van der Waals surface area contributed by atoms with Gasteiger partial charge in [-0.1, -0.05) is 13.8 Å². The van der Waals surface area contributed by atoms with Crippen molar-refractivity contribution < 1.29 is 9.59 Å². The summed E-state index contributed by atoms with van der Waals surface area (Å²) in [5.41, 5.74) is 1.57. The van der Waals surface area contributed by atoms with E-state index in [0.29, 0.717) is 34.8 Å². The van der Waals surface area contributed by atoms with Crippen molar-refractivity contribution in [3.05, 3.63) is 22.8 Å². The fraction of sp³-hybridized carbons (Fsp3) is 0.579. The molecule has 0 amide bonds. The zero-order valence-corrected chi connectivity index (χ0v) is 16.9. The summed E-state index contributed by atoms with van der Waals surface area (Å²) in [7, 11) is 0. The van der Waals surface area contributed by atoms with Crippen LogP contribution in [0.1, 0.15) is 56.1 Å². The highest BCUT2D eigenvalue weighted by molar-refractivity contribution is 6.30. The third-order valence-electron chi connectivity index (χ3n) is 5.22. The lowest BCUT2D eigenvalue weighted by molar-refractivity contribution is -0.119. The highest BCUT2D eigenvalue weighted by Gasteiger charge is 2.45. The quantitative estimate of drug-likeness (QED) is 0.854. The molecule has 7 heteroatoms. The van der Waals surface area contributed by atoms with Gasteiger partial charge >= 0.3 is 0 Å². The number of nitrogens with one attached hydrogen (secondary N) is 1. The maximum atomic E-state index is 13.1. The van der Waals surface area contributed by atoms with E-state index in [1.807, 2.05) is 6.92 Å². The van der Waals surface area contributed by atoms with Gasteiger partial charge in [0.05, 0.1) is 5.92 Å². The lowest BCUT2D eigenvalue weighted by atomic mass is 9.73. The number of imidazole rings is 1. The predicted molar refractivity (Wildman–Crippen MR) is 105 cm³/mol. The van der Waals surface area contributed by atoms with Gasteiger partial charge in [0.1, 0.15) is 22.8 Å². The molecule has 2 aliphatic rings. The van der Waals surface area contributed by atoms with Crippen LogP contribution in [0.2, 0.25) is 0 Å². The van der Waals surface area contributed by atoms with Crippen LogP contribution < -0.4 is 0 Å². The normalized spacial score (nSPS) is 20.9. The summed E-state index contributed by atoms with van der Waals surface area (Å²) in [5.74, 6) is 0.164. The second-order valence-electron chi connectivity index (χ2n) is 7.25. The van der Waals surface area contributed by atoms with E-state index in [2.05, 4.69) is 33.7 Å². The number of dihydropyridines is 1. The molecule has 1 atom stereocenters. The zero-order chi connectivity index (χ0) is 18.4. The Morgan fingerprint density at radius 3 is 2.50 bits per heavy atom. The largest absolute Gasteiger partial charge is 0.339 e. The number of nitrogens with zero attached hydrogens (tertiary/aromatic N) is 3. The number of ketones is 2. The summed E-state index contributed by atoms with van der Waals surface area (Å²) in [5, 5.41) is 0. The minimum atomic E-state index is -0.824. The lowest BCUT2D eigenvalue weighted by Crippen LogP contribution is -2.41. The highest BCUT2D eigenvalue weighted by atomic mass is 35.5. The van der Waals surface area contributed by atoms with Gasteiger partial charge in [0.15, 0.2) is 11.6 Å². The Morgan fingerprint density at radius 2 is 1.88 bits per heavy atom. The first-order valence-electron chi connectivity index (χ1n) is 8.97. The molecule has 0 spiro atoms. The molecule has 0 saturated heterocycles. The fourth-order valence-electron chi connectivity index (χ4n) is 3.64. The Bertz CT molecular complexity index is 787. The maximum Gasteiger partial charge on any atom is 0.188 e.